The number of rotatable bonds is 0. The molecule has 90 valence electrons. The van der Waals surface area contributed by atoms with E-state index in [4.69, 9.17) is 9.98 Å². The third-order valence-corrected chi connectivity index (χ3v) is 3.90. The third kappa shape index (κ3) is 1.30. The first-order chi connectivity index (χ1) is 8.83. The average molecular weight is 237 g/mol. The van der Waals surface area contributed by atoms with Crippen LogP contribution in [0.15, 0.2) is 29.3 Å². The predicted molar refractivity (Wildman–Crippen MR) is 73.3 cm³/mol. The van der Waals surface area contributed by atoms with Crippen LogP contribution < -0.4 is 5.32 Å². The van der Waals surface area contributed by atoms with E-state index in [1.807, 2.05) is 13.0 Å². The van der Waals surface area contributed by atoms with Gasteiger partial charge in [-0.05, 0) is 32.3 Å². The lowest BCUT2D eigenvalue weighted by Gasteiger charge is -2.31. The zero-order valence-corrected chi connectivity index (χ0v) is 10.4. The fourth-order valence-corrected chi connectivity index (χ4v) is 3.15. The van der Waals surface area contributed by atoms with Gasteiger partial charge >= 0.3 is 0 Å². The molecule has 2 heterocycles. The maximum absolute atomic E-state index is 4.82. The Morgan fingerprint density at radius 2 is 2.17 bits per heavy atom. The molecule has 2 aromatic rings. The zero-order chi connectivity index (χ0) is 12.1. The van der Waals surface area contributed by atoms with E-state index < -0.39 is 0 Å². The van der Waals surface area contributed by atoms with Crippen molar-refractivity contribution < 1.29 is 0 Å². The quantitative estimate of drug-likeness (QED) is 0.763. The van der Waals surface area contributed by atoms with Crippen LogP contribution in [0.2, 0.25) is 0 Å². The summed E-state index contributed by atoms with van der Waals surface area (Å²) in [4.78, 5) is 9.56. The first kappa shape index (κ1) is 10.1. The minimum atomic E-state index is 0.415. The zero-order valence-electron chi connectivity index (χ0n) is 10.4. The number of hydrogen-bond acceptors (Lipinski definition) is 3. The van der Waals surface area contributed by atoms with Crippen LogP contribution >= 0.6 is 0 Å². The van der Waals surface area contributed by atoms with Crippen molar-refractivity contribution in [3.05, 3.63) is 35.5 Å². The largest absolute Gasteiger partial charge is 0.367 e. The summed E-state index contributed by atoms with van der Waals surface area (Å²) in [6, 6.07) is 8.75. The van der Waals surface area contributed by atoms with Crippen LogP contribution in [-0.4, -0.2) is 10.8 Å². The number of benzene rings is 1. The molecule has 1 N–H and O–H groups in total. The molecule has 3 heteroatoms. The number of amidine groups is 1. The van der Waals surface area contributed by atoms with Crippen molar-refractivity contribution in [1.29, 1.82) is 0 Å². The number of nitrogens with one attached hydrogen (secondary N) is 1. The second-order valence-corrected chi connectivity index (χ2v) is 5.12. The van der Waals surface area contributed by atoms with E-state index in [1.165, 1.54) is 29.5 Å². The van der Waals surface area contributed by atoms with Gasteiger partial charge in [0.1, 0.15) is 0 Å². The van der Waals surface area contributed by atoms with Crippen LogP contribution in [-0.2, 0) is 6.42 Å². The van der Waals surface area contributed by atoms with Crippen molar-refractivity contribution in [2.24, 2.45) is 4.99 Å². The van der Waals surface area contributed by atoms with Crippen LogP contribution in [0.1, 0.15) is 37.1 Å². The Labute approximate surface area is 106 Å². The maximum atomic E-state index is 4.82. The van der Waals surface area contributed by atoms with Gasteiger partial charge in [0.2, 0.25) is 0 Å². The van der Waals surface area contributed by atoms with Crippen molar-refractivity contribution in [2.75, 3.05) is 0 Å². The highest BCUT2D eigenvalue weighted by Crippen LogP contribution is 2.42. The predicted octanol–water partition coefficient (Wildman–Crippen LogP) is 3.27. The fraction of sp³-hybridized carbons (Fsp3) is 0.333. The average Bonchev–Trinajstić information content (AvgIpc) is 2.38. The van der Waals surface area contributed by atoms with Gasteiger partial charge in [-0.1, -0.05) is 18.2 Å². The summed E-state index contributed by atoms with van der Waals surface area (Å²) in [5.41, 5.74) is 4.80. The topological polar surface area (TPSA) is 37.3 Å². The van der Waals surface area contributed by atoms with Crippen LogP contribution in [0.3, 0.4) is 0 Å². The Morgan fingerprint density at radius 1 is 1.28 bits per heavy atom. The summed E-state index contributed by atoms with van der Waals surface area (Å²) in [7, 11) is 0. The second-order valence-electron chi connectivity index (χ2n) is 5.12. The molecule has 1 aliphatic carbocycles. The lowest BCUT2D eigenvalue weighted by Crippen LogP contribution is -2.32. The molecule has 0 spiro atoms. The number of para-hydroxylation sites is 1. The molecule has 0 saturated heterocycles. The molecular formula is C15H15N3. The monoisotopic (exact) mass is 237 g/mol. The van der Waals surface area contributed by atoms with Crippen LogP contribution in [0.4, 0.5) is 5.69 Å². The Balaban J connectivity index is 2.14. The van der Waals surface area contributed by atoms with Crippen molar-refractivity contribution in [3.8, 4) is 0 Å². The Hall–Kier alpha value is -1.90. The first-order valence-corrected chi connectivity index (χ1v) is 6.56. The van der Waals surface area contributed by atoms with Crippen LogP contribution in [0, 0.1) is 0 Å². The summed E-state index contributed by atoms with van der Waals surface area (Å²) < 4.78 is 0. The molecule has 2 aliphatic rings. The van der Waals surface area contributed by atoms with E-state index in [2.05, 4.69) is 23.5 Å². The molecule has 1 unspecified atom stereocenters. The van der Waals surface area contributed by atoms with Crippen molar-refractivity contribution in [3.63, 3.8) is 0 Å². The van der Waals surface area contributed by atoms with E-state index in [0.717, 1.165) is 23.5 Å². The number of aromatic nitrogens is 1. The van der Waals surface area contributed by atoms with Crippen molar-refractivity contribution in [1.82, 2.24) is 10.3 Å². The van der Waals surface area contributed by atoms with Gasteiger partial charge in [0.05, 0.1) is 23.1 Å². The van der Waals surface area contributed by atoms with Gasteiger partial charge in [-0.25, -0.2) is 4.99 Å². The smallest absolute Gasteiger partial charge is 0.0996 e. The SMILES string of the molecule is CC1=Nc2c3c(nc4ccccc24)CCCC3N1. The Kier molecular flexibility index (Phi) is 1.98. The molecule has 4 rings (SSSR count). The highest BCUT2D eigenvalue weighted by atomic mass is 15.1. The van der Waals surface area contributed by atoms with E-state index >= 15 is 0 Å². The molecule has 18 heavy (non-hydrogen) atoms. The maximum Gasteiger partial charge on any atom is 0.0996 e. The standard InChI is InChI=1S/C15H15N3/c1-9-16-12-7-4-8-13-14(12)15(17-9)10-5-2-3-6-11(10)18-13/h2-3,5-6,12H,4,7-8H2,1H3,(H,16,17). The van der Waals surface area contributed by atoms with Gasteiger partial charge in [0, 0.05) is 16.6 Å². The van der Waals surface area contributed by atoms with Gasteiger partial charge in [0.15, 0.2) is 0 Å². The lowest BCUT2D eigenvalue weighted by atomic mass is 9.87. The number of fused-ring (bicyclic) bond motifs is 2. The van der Waals surface area contributed by atoms with E-state index in [-0.39, 0.29) is 0 Å². The molecule has 0 radical (unpaired) electrons. The lowest BCUT2D eigenvalue weighted by molar-refractivity contribution is 0.515. The van der Waals surface area contributed by atoms with Gasteiger partial charge in [-0.15, -0.1) is 0 Å². The molecule has 1 aromatic heterocycles. The molecule has 0 saturated carbocycles. The molecule has 1 atom stereocenters. The normalized spacial score (nSPS) is 21.2. The fourth-order valence-electron chi connectivity index (χ4n) is 3.15. The van der Waals surface area contributed by atoms with E-state index in [9.17, 15) is 0 Å². The van der Waals surface area contributed by atoms with Gasteiger partial charge < -0.3 is 5.32 Å². The molecule has 1 aliphatic heterocycles. The minimum absolute atomic E-state index is 0.415. The van der Waals surface area contributed by atoms with Crippen molar-refractivity contribution >= 4 is 22.4 Å². The number of hydrogen-bond donors (Lipinski definition) is 1. The summed E-state index contributed by atoms with van der Waals surface area (Å²) in [5.74, 6) is 1.02. The summed E-state index contributed by atoms with van der Waals surface area (Å²) in [5, 5.41) is 4.67. The number of aliphatic imine (C=N–C) groups is 1. The van der Waals surface area contributed by atoms with E-state index in [1.54, 1.807) is 0 Å². The second kappa shape index (κ2) is 3.55. The molecule has 0 bridgehead atoms. The number of aryl methyl sites for hydroxylation is 1. The molecule has 0 amide bonds. The van der Waals surface area contributed by atoms with Crippen molar-refractivity contribution in [2.45, 2.75) is 32.2 Å². The summed E-state index contributed by atoms with van der Waals surface area (Å²) >= 11 is 0. The van der Waals surface area contributed by atoms with Gasteiger partial charge in [0.25, 0.3) is 0 Å². The summed E-state index contributed by atoms with van der Waals surface area (Å²) in [6.07, 6.45) is 3.48. The highest BCUT2D eigenvalue weighted by molar-refractivity contribution is 5.97. The molecule has 0 fully saturated rings. The minimum Gasteiger partial charge on any atom is -0.367 e. The van der Waals surface area contributed by atoms with Crippen LogP contribution in [0.25, 0.3) is 10.9 Å². The number of pyridine rings is 1. The third-order valence-electron chi connectivity index (χ3n) is 3.90. The number of nitrogens with zero attached hydrogens (tertiary/aromatic N) is 2. The van der Waals surface area contributed by atoms with Crippen LogP contribution in [0.5, 0.6) is 0 Å². The van der Waals surface area contributed by atoms with Gasteiger partial charge in [-0.2, -0.15) is 0 Å². The Morgan fingerprint density at radius 3 is 3.11 bits per heavy atom. The van der Waals surface area contributed by atoms with E-state index in [0.29, 0.717) is 6.04 Å². The van der Waals surface area contributed by atoms with Gasteiger partial charge in [-0.3, -0.25) is 4.98 Å². The molecular weight excluding hydrogens is 222 g/mol. The molecule has 1 aromatic carbocycles. The highest BCUT2D eigenvalue weighted by Gasteiger charge is 2.28. The molecule has 3 nitrogen and oxygen atoms in total. The first-order valence-electron chi connectivity index (χ1n) is 6.56. The summed E-state index contributed by atoms with van der Waals surface area (Å²) in [6.45, 7) is 2.05. The Bertz CT molecular complexity index is 673.